The van der Waals surface area contributed by atoms with Crippen LogP contribution in [-0.2, 0) is 14.3 Å². The third-order valence-corrected chi connectivity index (χ3v) is 7.80. The molecule has 4 nitrogen and oxygen atoms in total. The zero-order valence-corrected chi connectivity index (χ0v) is 11.9. The van der Waals surface area contributed by atoms with Crippen molar-refractivity contribution in [2.75, 3.05) is 13.1 Å². The second kappa shape index (κ2) is 2.95. The molecule has 6 fully saturated rings. The Kier molecular flexibility index (Phi) is 1.63. The smallest absolute Gasteiger partial charge is 0.310 e. The SMILES string of the molecule is C[C@H]1CC23C4CCCN2C[C@H]2OC2[C@@]13[C@@H]1CC4OC1=O. The minimum absolute atomic E-state index is 0.0884. The number of piperidine rings is 2. The van der Waals surface area contributed by atoms with Crippen LogP contribution in [0.4, 0.5) is 0 Å². The summed E-state index contributed by atoms with van der Waals surface area (Å²) in [5.41, 5.74) is 0.327. The third kappa shape index (κ3) is 0.822. The molecule has 4 heterocycles. The molecule has 1 spiro atoms. The van der Waals surface area contributed by atoms with E-state index in [2.05, 4.69) is 11.8 Å². The first-order valence-electron chi connectivity index (χ1n) is 8.30. The molecule has 6 rings (SSSR count). The topological polar surface area (TPSA) is 42.1 Å². The van der Waals surface area contributed by atoms with Gasteiger partial charge in [-0.2, -0.15) is 0 Å². The highest BCUT2D eigenvalue weighted by molar-refractivity contribution is 5.78. The highest BCUT2D eigenvalue weighted by atomic mass is 16.6. The largest absolute Gasteiger partial charge is 0.462 e. The van der Waals surface area contributed by atoms with E-state index >= 15 is 0 Å². The lowest BCUT2D eigenvalue weighted by atomic mass is 9.34. The van der Waals surface area contributed by atoms with Crippen LogP contribution in [0.2, 0.25) is 0 Å². The van der Waals surface area contributed by atoms with Gasteiger partial charge in [0.15, 0.2) is 0 Å². The van der Waals surface area contributed by atoms with Crippen molar-refractivity contribution in [3.8, 4) is 0 Å². The summed E-state index contributed by atoms with van der Waals surface area (Å²) >= 11 is 0. The summed E-state index contributed by atoms with van der Waals surface area (Å²) in [5, 5.41) is 0. The van der Waals surface area contributed by atoms with Crippen molar-refractivity contribution < 1.29 is 14.3 Å². The Morgan fingerprint density at radius 2 is 2.25 bits per heavy atom. The molecule has 0 radical (unpaired) electrons. The Bertz CT molecular complexity index is 536. The van der Waals surface area contributed by atoms with E-state index in [9.17, 15) is 4.79 Å². The van der Waals surface area contributed by atoms with E-state index in [1.165, 1.54) is 25.8 Å². The van der Waals surface area contributed by atoms with Crippen molar-refractivity contribution in [2.45, 2.75) is 56.5 Å². The zero-order chi connectivity index (χ0) is 13.3. The Labute approximate surface area is 118 Å². The first kappa shape index (κ1) is 11.0. The monoisotopic (exact) mass is 275 g/mol. The molecule has 0 amide bonds. The highest BCUT2D eigenvalue weighted by Crippen LogP contribution is 2.78. The van der Waals surface area contributed by atoms with Crippen molar-refractivity contribution in [1.29, 1.82) is 0 Å². The molecule has 2 bridgehead atoms. The number of esters is 1. The third-order valence-electron chi connectivity index (χ3n) is 7.80. The lowest BCUT2D eigenvalue weighted by molar-refractivity contribution is -0.269. The van der Waals surface area contributed by atoms with Crippen LogP contribution in [0.25, 0.3) is 0 Å². The van der Waals surface area contributed by atoms with Gasteiger partial charge in [0.1, 0.15) is 6.10 Å². The number of fused-ring (bicyclic) bond motifs is 4. The molecule has 2 saturated carbocycles. The van der Waals surface area contributed by atoms with Crippen LogP contribution >= 0.6 is 0 Å². The van der Waals surface area contributed by atoms with Crippen molar-refractivity contribution in [3.63, 3.8) is 0 Å². The normalized spacial score (nSPS) is 65.5. The van der Waals surface area contributed by atoms with Gasteiger partial charge in [-0.3, -0.25) is 9.69 Å². The highest BCUT2D eigenvalue weighted by Gasteiger charge is 2.86. The van der Waals surface area contributed by atoms with Gasteiger partial charge < -0.3 is 9.47 Å². The number of epoxide rings is 1. The van der Waals surface area contributed by atoms with E-state index in [0.717, 1.165) is 13.0 Å². The van der Waals surface area contributed by atoms with Gasteiger partial charge in [-0.05, 0) is 38.1 Å². The van der Waals surface area contributed by atoms with Crippen molar-refractivity contribution in [3.05, 3.63) is 0 Å². The molecule has 2 aliphatic carbocycles. The van der Waals surface area contributed by atoms with E-state index in [1.807, 2.05) is 0 Å². The molecular weight excluding hydrogens is 254 g/mol. The Morgan fingerprint density at radius 1 is 1.35 bits per heavy atom. The van der Waals surface area contributed by atoms with Gasteiger partial charge in [0, 0.05) is 23.4 Å². The summed E-state index contributed by atoms with van der Waals surface area (Å²) in [7, 11) is 0. The second-order valence-electron chi connectivity index (χ2n) is 8.02. The average Bonchev–Trinajstić information content (AvgIpc) is 3.08. The summed E-state index contributed by atoms with van der Waals surface area (Å²) in [6.07, 6.45) is 5.67. The molecular formula is C16H21NO3. The molecule has 0 aromatic heterocycles. The number of carbonyl (C=O) groups is 1. The summed E-state index contributed by atoms with van der Waals surface area (Å²) < 4.78 is 11.9. The molecule has 108 valence electrons. The van der Waals surface area contributed by atoms with Crippen LogP contribution in [-0.4, -0.2) is 47.8 Å². The van der Waals surface area contributed by atoms with Crippen LogP contribution in [0.5, 0.6) is 0 Å². The molecule has 20 heavy (non-hydrogen) atoms. The lowest BCUT2D eigenvalue weighted by Gasteiger charge is -2.75. The molecule has 4 heteroatoms. The van der Waals surface area contributed by atoms with E-state index < -0.39 is 0 Å². The minimum atomic E-state index is 0.0884. The van der Waals surface area contributed by atoms with Gasteiger partial charge in [-0.25, -0.2) is 0 Å². The molecule has 8 atom stereocenters. The van der Waals surface area contributed by atoms with Crippen molar-refractivity contribution in [1.82, 2.24) is 4.90 Å². The van der Waals surface area contributed by atoms with Crippen LogP contribution < -0.4 is 0 Å². The number of hydrogen-bond acceptors (Lipinski definition) is 4. The summed E-state index contributed by atoms with van der Waals surface area (Å²) in [4.78, 5) is 15.2. The number of ether oxygens (including phenoxy) is 2. The minimum Gasteiger partial charge on any atom is -0.462 e. The van der Waals surface area contributed by atoms with Gasteiger partial charge in [0.05, 0.1) is 18.1 Å². The number of carbonyl (C=O) groups excluding carboxylic acids is 1. The van der Waals surface area contributed by atoms with Crippen LogP contribution in [0.15, 0.2) is 0 Å². The van der Waals surface area contributed by atoms with Crippen LogP contribution in [0, 0.1) is 23.2 Å². The van der Waals surface area contributed by atoms with E-state index in [-0.39, 0.29) is 28.9 Å². The molecule has 4 saturated heterocycles. The van der Waals surface area contributed by atoms with Crippen LogP contribution in [0.3, 0.4) is 0 Å². The van der Waals surface area contributed by atoms with E-state index in [1.54, 1.807) is 0 Å². The quantitative estimate of drug-likeness (QED) is 0.492. The van der Waals surface area contributed by atoms with Gasteiger partial charge in [-0.1, -0.05) is 6.92 Å². The Hall–Kier alpha value is -0.610. The number of hydrogen-bond donors (Lipinski definition) is 0. The summed E-state index contributed by atoms with van der Waals surface area (Å²) in [5.74, 6) is 1.38. The molecule has 0 aromatic carbocycles. The van der Waals surface area contributed by atoms with Crippen molar-refractivity contribution in [2.24, 2.45) is 23.2 Å². The van der Waals surface area contributed by atoms with Crippen LogP contribution in [0.1, 0.15) is 32.6 Å². The fourth-order valence-electron chi connectivity index (χ4n) is 7.44. The predicted molar refractivity (Wildman–Crippen MR) is 69.9 cm³/mol. The zero-order valence-electron chi connectivity index (χ0n) is 11.9. The molecule has 0 aromatic rings. The maximum Gasteiger partial charge on any atom is 0.310 e. The van der Waals surface area contributed by atoms with E-state index in [0.29, 0.717) is 24.0 Å². The fourth-order valence-corrected chi connectivity index (χ4v) is 7.44. The molecule has 0 N–H and O–H groups in total. The second-order valence-corrected chi connectivity index (χ2v) is 8.02. The van der Waals surface area contributed by atoms with Gasteiger partial charge in [-0.15, -0.1) is 0 Å². The Morgan fingerprint density at radius 3 is 3.10 bits per heavy atom. The fraction of sp³-hybridized carbons (Fsp3) is 0.938. The maximum absolute atomic E-state index is 12.5. The predicted octanol–water partition coefficient (Wildman–Crippen LogP) is 1.19. The Balaban J connectivity index is 1.63. The van der Waals surface area contributed by atoms with E-state index in [4.69, 9.17) is 9.47 Å². The van der Waals surface area contributed by atoms with Crippen molar-refractivity contribution >= 4 is 5.97 Å². The first-order valence-corrected chi connectivity index (χ1v) is 8.30. The standard InChI is InChI=1S/C16H21NO3/c1-8-6-15-9-3-2-4-17(15)7-12-13(19-12)16(8,15)10-5-11(9)20-14(10)18/h8-13H,2-7H2,1H3/t8-,9?,10+,11?,12+,13?,15?,16-/m0/s1. The van der Waals surface area contributed by atoms with Gasteiger partial charge in [0.2, 0.25) is 0 Å². The van der Waals surface area contributed by atoms with Gasteiger partial charge >= 0.3 is 5.97 Å². The maximum atomic E-state index is 12.5. The molecule has 6 aliphatic rings. The lowest BCUT2D eigenvalue weighted by Crippen LogP contribution is -2.84. The average molecular weight is 275 g/mol. The molecule has 4 aliphatic heterocycles. The van der Waals surface area contributed by atoms with Gasteiger partial charge in [0.25, 0.3) is 0 Å². The number of nitrogens with zero attached hydrogens (tertiary/aromatic N) is 1. The first-order chi connectivity index (χ1) is 9.69. The summed E-state index contributed by atoms with van der Waals surface area (Å²) in [6, 6.07) is 0. The number of rotatable bonds is 0. The summed E-state index contributed by atoms with van der Waals surface area (Å²) in [6.45, 7) is 4.65. The molecule has 4 unspecified atom stereocenters.